The number of carbonyl (C=O) groups is 3. The number of imide groups is 1. The van der Waals surface area contributed by atoms with Crippen molar-refractivity contribution in [2.75, 3.05) is 26.3 Å². The number of urea groups is 1. The van der Waals surface area contributed by atoms with Crippen molar-refractivity contribution in [3.05, 3.63) is 54.1 Å². The maximum Gasteiger partial charge on any atom is 0.327 e. The van der Waals surface area contributed by atoms with Crippen LogP contribution >= 0.6 is 0 Å². The number of aromatic amines is 1. The Morgan fingerprint density at radius 2 is 1.83 bits per heavy atom. The number of aliphatic hydroxyl groups is 1. The smallest absolute Gasteiger partial charge is 0.327 e. The number of hydrogen-bond acceptors (Lipinski definition) is 7. The Kier molecular flexibility index (Phi) is 13.2. The third-order valence-corrected chi connectivity index (χ3v) is 9.51. The number of ether oxygens (including phenoxy) is 1. The minimum atomic E-state index is -1.68. The second-order valence-electron chi connectivity index (χ2n) is 13.7. The molecule has 1 aromatic heterocycles. The van der Waals surface area contributed by atoms with Crippen LogP contribution in [0.3, 0.4) is 0 Å². The number of aliphatic hydroxyl groups excluding tert-OH is 1. The second kappa shape index (κ2) is 17.0. The summed E-state index contributed by atoms with van der Waals surface area (Å²) in [4.78, 5) is 53.3. The largest absolute Gasteiger partial charge is 0.391 e. The van der Waals surface area contributed by atoms with E-state index in [1.54, 1.807) is 18.0 Å². The normalized spacial score (nSPS) is 19.2. The SMILES string of the molecule is CC(C)CC[C@H](O)[C@H](CC1CCCCC1)NC(=O)[C@](C)(Cc1cnc[nH]1)N(C(=O)[C@@H](N)Cc1ccccc1)C(=O)N1CCOCC1. The zero-order chi connectivity index (χ0) is 33.1. The molecule has 0 bridgehead atoms. The summed E-state index contributed by atoms with van der Waals surface area (Å²) in [7, 11) is 0. The number of aromatic nitrogens is 2. The molecule has 2 heterocycles. The number of carbonyl (C=O) groups excluding carboxylic acids is 3. The fourth-order valence-corrected chi connectivity index (χ4v) is 6.70. The highest BCUT2D eigenvalue weighted by atomic mass is 16.5. The molecule has 1 saturated carbocycles. The number of morpholine rings is 1. The molecule has 0 radical (unpaired) electrons. The van der Waals surface area contributed by atoms with Crippen molar-refractivity contribution in [2.45, 2.75) is 109 Å². The van der Waals surface area contributed by atoms with Crippen LogP contribution in [-0.2, 0) is 27.2 Å². The zero-order valence-electron chi connectivity index (χ0n) is 27.8. The van der Waals surface area contributed by atoms with Gasteiger partial charge in [-0.3, -0.25) is 9.59 Å². The summed E-state index contributed by atoms with van der Waals surface area (Å²) in [5, 5.41) is 14.6. The first-order valence-corrected chi connectivity index (χ1v) is 17.0. The molecule has 5 N–H and O–H groups in total. The van der Waals surface area contributed by atoms with Crippen molar-refractivity contribution >= 4 is 17.8 Å². The number of nitrogens with two attached hydrogens (primary N) is 1. The van der Waals surface area contributed by atoms with Crippen molar-refractivity contribution < 1.29 is 24.2 Å². The second-order valence-corrected chi connectivity index (χ2v) is 13.7. The predicted molar refractivity (Wildman–Crippen MR) is 177 cm³/mol. The van der Waals surface area contributed by atoms with Crippen molar-refractivity contribution in [2.24, 2.45) is 17.6 Å². The highest BCUT2D eigenvalue weighted by Gasteiger charge is 2.49. The van der Waals surface area contributed by atoms with Gasteiger partial charge in [-0.2, -0.15) is 0 Å². The Bertz CT molecular complexity index is 1230. The van der Waals surface area contributed by atoms with Crippen molar-refractivity contribution in [3.63, 3.8) is 0 Å². The summed E-state index contributed by atoms with van der Waals surface area (Å²) in [5.41, 5.74) is 6.30. The number of nitrogens with one attached hydrogen (secondary N) is 2. The molecular formula is C35H54N6O5. The van der Waals surface area contributed by atoms with Crippen LogP contribution in [0.1, 0.15) is 83.4 Å². The van der Waals surface area contributed by atoms with Gasteiger partial charge < -0.3 is 30.8 Å². The molecular weight excluding hydrogens is 584 g/mol. The Morgan fingerprint density at radius 1 is 1.13 bits per heavy atom. The first-order valence-electron chi connectivity index (χ1n) is 17.0. The first kappa shape index (κ1) is 35.6. The van der Waals surface area contributed by atoms with Crippen molar-refractivity contribution in [3.8, 4) is 0 Å². The molecule has 4 amide bonds. The highest BCUT2D eigenvalue weighted by Crippen LogP contribution is 2.30. The van der Waals surface area contributed by atoms with E-state index in [1.165, 1.54) is 12.7 Å². The lowest BCUT2D eigenvalue weighted by atomic mass is 9.82. The van der Waals surface area contributed by atoms with Crippen LogP contribution < -0.4 is 11.1 Å². The predicted octanol–water partition coefficient (Wildman–Crippen LogP) is 3.81. The summed E-state index contributed by atoms with van der Waals surface area (Å²) >= 11 is 0. The maximum atomic E-state index is 14.7. The summed E-state index contributed by atoms with van der Waals surface area (Å²) in [6.07, 6.45) is 10.1. The van der Waals surface area contributed by atoms with Crippen molar-refractivity contribution in [1.82, 2.24) is 25.1 Å². The number of H-pyrrole nitrogens is 1. The van der Waals surface area contributed by atoms with Gasteiger partial charge >= 0.3 is 6.03 Å². The Labute approximate surface area is 273 Å². The van der Waals surface area contributed by atoms with E-state index in [1.807, 2.05) is 30.3 Å². The molecule has 11 nitrogen and oxygen atoms in total. The van der Waals surface area contributed by atoms with Gasteiger partial charge in [-0.15, -0.1) is 0 Å². The van der Waals surface area contributed by atoms with Crippen LogP contribution in [0.4, 0.5) is 4.79 Å². The molecule has 4 rings (SSSR count). The molecule has 2 aliphatic rings. The molecule has 1 saturated heterocycles. The van der Waals surface area contributed by atoms with Crippen LogP contribution in [0.2, 0.25) is 0 Å². The van der Waals surface area contributed by atoms with Gasteiger partial charge in [0.1, 0.15) is 5.54 Å². The summed E-state index contributed by atoms with van der Waals surface area (Å²) in [6.45, 7) is 7.09. The summed E-state index contributed by atoms with van der Waals surface area (Å²) in [6, 6.07) is 7.21. The van der Waals surface area contributed by atoms with Gasteiger partial charge in [0.15, 0.2) is 0 Å². The minimum Gasteiger partial charge on any atom is -0.391 e. The standard InChI is InChI=1S/C35H54N6O5/c1-25(2)14-15-31(42)30(21-27-12-8-5-9-13-27)39-33(44)35(3,22-28-23-37-24-38-28)41(34(45)40-16-18-46-19-17-40)32(43)29(36)20-26-10-6-4-7-11-26/h4,6-7,10-11,23-25,27,29-31,42H,5,8-9,12-22,36H2,1-3H3,(H,37,38)(H,39,44)/t29-,30-,31-,35-/m0/s1. The number of hydrogen-bond donors (Lipinski definition) is 4. The van der Waals surface area contributed by atoms with Crippen LogP contribution in [0, 0.1) is 11.8 Å². The van der Waals surface area contributed by atoms with Gasteiger partial charge in [0.25, 0.3) is 0 Å². The van der Waals surface area contributed by atoms with Gasteiger partial charge in [-0.05, 0) is 50.0 Å². The average Bonchev–Trinajstić information content (AvgIpc) is 3.57. The molecule has 1 aromatic carbocycles. The monoisotopic (exact) mass is 638 g/mol. The van der Waals surface area contributed by atoms with Crippen LogP contribution in [-0.4, -0.2) is 92.7 Å². The molecule has 11 heteroatoms. The Morgan fingerprint density at radius 3 is 2.46 bits per heavy atom. The van der Waals surface area contributed by atoms with E-state index in [2.05, 4.69) is 29.1 Å². The van der Waals surface area contributed by atoms with Gasteiger partial charge in [0.05, 0.1) is 37.7 Å². The number of imidazole rings is 1. The number of amides is 4. The van der Waals surface area contributed by atoms with Crippen LogP contribution in [0.15, 0.2) is 42.9 Å². The van der Waals surface area contributed by atoms with E-state index in [0.717, 1.165) is 42.6 Å². The molecule has 0 unspecified atom stereocenters. The number of rotatable bonds is 14. The van der Waals surface area contributed by atoms with E-state index in [0.29, 0.717) is 43.6 Å². The lowest BCUT2D eigenvalue weighted by Gasteiger charge is -2.43. The van der Waals surface area contributed by atoms with Crippen LogP contribution in [0.5, 0.6) is 0 Å². The van der Waals surface area contributed by atoms with Crippen molar-refractivity contribution in [1.29, 1.82) is 0 Å². The lowest BCUT2D eigenvalue weighted by molar-refractivity contribution is -0.145. The minimum absolute atomic E-state index is 0.00303. The van der Waals surface area contributed by atoms with E-state index in [4.69, 9.17) is 10.5 Å². The van der Waals surface area contributed by atoms with Gasteiger partial charge in [0, 0.05) is 31.4 Å². The molecule has 254 valence electrons. The molecule has 2 aromatic rings. The quantitative estimate of drug-likeness (QED) is 0.245. The van der Waals surface area contributed by atoms with Gasteiger partial charge in [0.2, 0.25) is 11.8 Å². The summed E-state index contributed by atoms with van der Waals surface area (Å²) in [5.74, 6) is -0.356. The number of nitrogens with zero attached hydrogens (tertiary/aromatic N) is 3. The molecule has 0 spiro atoms. The third-order valence-electron chi connectivity index (χ3n) is 9.51. The Hall–Kier alpha value is -3.28. The molecule has 4 atom stereocenters. The average molecular weight is 639 g/mol. The molecule has 1 aliphatic carbocycles. The highest BCUT2D eigenvalue weighted by molar-refractivity contribution is 6.04. The van der Waals surface area contributed by atoms with E-state index in [9.17, 15) is 19.5 Å². The van der Waals surface area contributed by atoms with Gasteiger partial charge in [-0.1, -0.05) is 76.3 Å². The first-order chi connectivity index (χ1) is 22.1. The Balaban J connectivity index is 1.70. The number of benzene rings is 1. The topological polar surface area (TPSA) is 154 Å². The maximum absolute atomic E-state index is 14.7. The molecule has 1 aliphatic heterocycles. The van der Waals surface area contributed by atoms with E-state index < -0.39 is 41.6 Å². The van der Waals surface area contributed by atoms with Gasteiger partial charge in [-0.25, -0.2) is 14.7 Å². The zero-order valence-corrected chi connectivity index (χ0v) is 27.8. The third kappa shape index (κ3) is 9.62. The summed E-state index contributed by atoms with van der Waals surface area (Å²) < 4.78 is 5.48. The van der Waals surface area contributed by atoms with E-state index in [-0.39, 0.29) is 25.9 Å². The van der Waals surface area contributed by atoms with E-state index >= 15 is 0 Å². The fourth-order valence-electron chi connectivity index (χ4n) is 6.70. The fraction of sp³-hybridized carbons (Fsp3) is 0.657. The lowest BCUT2D eigenvalue weighted by Crippen LogP contribution is -2.68. The molecule has 2 fully saturated rings. The molecule has 46 heavy (non-hydrogen) atoms. The van der Waals surface area contributed by atoms with Crippen LogP contribution in [0.25, 0.3) is 0 Å².